The number of ether oxygens (including phenoxy) is 1. The molecule has 0 saturated heterocycles. The second-order valence-corrected chi connectivity index (χ2v) is 3.27. The molecule has 80 valence electrons. The lowest BCUT2D eigenvalue weighted by molar-refractivity contribution is -0.214. The van der Waals surface area contributed by atoms with Crippen molar-refractivity contribution in [2.75, 3.05) is 0 Å². The quantitative estimate of drug-likeness (QED) is 0.626. The van der Waals surface area contributed by atoms with Gasteiger partial charge in [-0.1, -0.05) is 30.3 Å². The Bertz CT molecular complexity index is 494. The van der Waals surface area contributed by atoms with Gasteiger partial charge in [0.05, 0.1) is 0 Å². The minimum Gasteiger partial charge on any atom is -0.859 e. The van der Waals surface area contributed by atoms with Crippen molar-refractivity contribution in [2.45, 2.75) is 0 Å². The molecule has 0 amide bonds. The third-order valence-electron chi connectivity index (χ3n) is 2.08. The predicted molar refractivity (Wildman–Crippen MR) is 59.8 cm³/mol. The molecule has 0 saturated carbocycles. The summed E-state index contributed by atoms with van der Waals surface area (Å²) in [5, 5.41) is 17.9. The van der Waals surface area contributed by atoms with Crippen molar-refractivity contribution in [2.24, 2.45) is 0 Å². The van der Waals surface area contributed by atoms with Gasteiger partial charge < -0.3 is 15.3 Å². The maximum absolute atomic E-state index is 10.9. The molecule has 0 aliphatic carbocycles. The first-order chi connectivity index (χ1) is 7.75. The summed E-state index contributed by atoms with van der Waals surface area (Å²) in [5.41, 5.74) is 0.327. The van der Waals surface area contributed by atoms with E-state index >= 15 is 0 Å². The molecule has 0 unspecified atom stereocenters. The molecule has 0 aromatic heterocycles. The molecule has 0 aliphatic heterocycles. The van der Waals surface area contributed by atoms with E-state index in [-0.39, 0.29) is 0 Å². The Labute approximate surface area is 93.4 Å². The molecule has 0 heterocycles. The number of benzene rings is 2. The van der Waals surface area contributed by atoms with Gasteiger partial charge in [0.1, 0.15) is 11.5 Å². The van der Waals surface area contributed by atoms with Crippen molar-refractivity contribution in [3.8, 4) is 11.5 Å². The van der Waals surface area contributed by atoms with Crippen LogP contribution in [0.1, 0.15) is 5.56 Å². The maximum Gasteiger partial charge on any atom is 0.128 e. The molecule has 0 atom stereocenters. The van der Waals surface area contributed by atoms with Crippen LogP contribution < -0.4 is 9.84 Å². The molecule has 0 fully saturated rings. The molecule has 3 nitrogen and oxygen atoms in total. The van der Waals surface area contributed by atoms with Crippen molar-refractivity contribution < 1.29 is 9.84 Å². The summed E-state index contributed by atoms with van der Waals surface area (Å²) < 4.78 is 5.53. The second kappa shape index (κ2) is 4.49. The summed E-state index contributed by atoms with van der Waals surface area (Å²) in [6.07, 6.45) is 0. The van der Waals surface area contributed by atoms with Crippen molar-refractivity contribution in [3.05, 3.63) is 60.2 Å². The van der Waals surface area contributed by atoms with Crippen LogP contribution in [-0.2, 0) is 0 Å². The third kappa shape index (κ3) is 2.39. The maximum atomic E-state index is 10.9. The van der Waals surface area contributed by atoms with Crippen molar-refractivity contribution in [1.29, 1.82) is 5.41 Å². The van der Waals surface area contributed by atoms with E-state index in [9.17, 15) is 5.11 Å². The van der Waals surface area contributed by atoms with Gasteiger partial charge in [0, 0.05) is 0 Å². The zero-order valence-electron chi connectivity index (χ0n) is 8.51. The Kier molecular flexibility index (Phi) is 2.87. The first-order valence-electron chi connectivity index (χ1n) is 4.84. The minimum atomic E-state index is -0.710. The monoisotopic (exact) mass is 212 g/mol. The summed E-state index contributed by atoms with van der Waals surface area (Å²) in [5.74, 6) is 0.555. The molecule has 3 heteroatoms. The van der Waals surface area contributed by atoms with E-state index in [4.69, 9.17) is 10.1 Å². The first-order valence-corrected chi connectivity index (χ1v) is 4.84. The fourth-order valence-electron chi connectivity index (χ4n) is 1.33. The van der Waals surface area contributed by atoms with Crippen LogP contribution in [0.4, 0.5) is 0 Å². The van der Waals surface area contributed by atoms with E-state index in [2.05, 4.69) is 0 Å². The highest BCUT2D eigenvalue weighted by molar-refractivity contribution is 5.88. The fraction of sp³-hybridized carbons (Fsp3) is 0. The normalized spacial score (nSPS) is 9.75. The van der Waals surface area contributed by atoms with Gasteiger partial charge in [-0.15, -0.1) is 0 Å². The molecule has 2 aromatic carbocycles. The average molecular weight is 212 g/mol. The van der Waals surface area contributed by atoms with E-state index in [1.807, 2.05) is 30.3 Å². The van der Waals surface area contributed by atoms with Gasteiger partial charge >= 0.3 is 0 Å². The molecule has 16 heavy (non-hydrogen) atoms. The van der Waals surface area contributed by atoms with Crippen LogP contribution in [0.3, 0.4) is 0 Å². The number of rotatable bonds is 3. The van der Waals surface area contributed by atoms with Crippen LogP contribution >= 0.6 is 0 Å². The standard InChI is InChI=1S/C13H11NO2/c14-13(15)10-5-4-8-12(9-10)16-11-6-2-1-3-7-11/h1-9H,(H2,14,15)/p-1. The molecule has 0 bridgehead atoms. The largest absolute Gasteiger partial charge is 0.859 e. The Morgan fingerprint density at radius 3 is 2.31 bits per heavy atom. The number of hydrogen-bond donors (Lipinski definition) is 1. The highest BCUT2D eigenvalue weighted by Crippen LogP contribution is 2.21. The van der Waals surface area contributed by atoms with E-state index < -0.39 is 5.90 Å². The molecule has 1 N–H and O–H groups in total. The van der Waals surface area contributed by atoms with Crippen LogP contribution in [0.2, 0.25) is 0 Å². The summed E-state index contributed by atoms with van der Waals surface area (Å²) in [4.78, 5) is 0. The summed E-state index contributed by atoms with van der Waals surface area (Å²) >= 11 is 0. The molecular formula is C13H10NO2-. The van der Waals surface area contributed by atoms with Gasteiger partial charge in [0.15, 0.2) is 0 Å². The second-order valence-electron chi connectivity index (χ2n) is 3.27. The summed E-state index contributed by atoms with van der Waals surface area (Å²) in [6.45, 7) is 0. The van der Waals surface area contributed by atoms with Crippen LogP contribution in [0, 0.1) is 5.41 Å². The number of nitrogens with one attached hydrogen (secondary N) is 1. The summed E-state index contributed by atoms with van der Waals surface area (Å²) in [7, 11) is 0. The Hall–Kier alpha value is -2.29. The minimum absolute atomic E-state index is 0.327. The highest BCUT2D eigenvalue weighted by atomic mass is 16.5. The first kappa shape index (κ1) is 10.2. The molecule has 0 aliphatic rings. The molecular weight excluding hydrogens is 202 g/mol. The molecule has 0 spiro atoms. The van der Waals surface area contributed by atoms with Crippen molar-refractivity contribution in [1.82, 2.24) is 0 Å². The van der Waals surface area contributed by atoms with Gasteiger partial charge in [0.2, 0.25) is 0 Å². The highest BCUT2D eigenvalue weighted by Gasteiger charge is 1.97. The van der Waals surface area contributed by atoms with E-state index in [0.29, 0.717) is 17.1 Å². The van der Waals surface area contributed by atoms with Crippen LogP contribution in [-0.4, -0.2) is 5.90 Å². The van der Waals surface area contributed by atoms with Gasteiger partial charge in [0.25, 0.3) is 0 Å². The van der Waals surface area contributed by atoms with Crippen molar-refractivity contribution >= 4 is 5.90 Å². The smallest absolute Gasteiger partial charge is 0.128 e. The lowest BCUT2D eigenvalue weighted by atomic mass is 10.2. The van der Waals surface area contributed by atoms with Crippen LogP contribution in [0.15, 0.2) is 54.6 Å². The topological polar surface area (TPSA) is 56.1 Å². The number of para-hydroxylation sites is 1. The van der Waals surface area contributed by atoms with Crippen LogP contribution in [0.25, 0.3) is 0 Å². The van der Waals surface area contributed by atoms with Gasteiger partial charge in [-0.3, -0.25) is 0 Å². The number of hydrogen-bond acceptors (Lipinski definition) is 3. The van der Waals surface area contributed by atoms with Gasteiger partial charge in [-0.2, -0.15) is 0 Å². The summed E-state index contributed by atoms with van der Waals surface area (Å²) in [6, 6.07) is 15.9. The van der Waals surface area contributed by atoms with E-state index in [0.717, 1.165) is 0 Å². The Morgan fingerprint density at radius 1 is 0.938 bits per heavy atom. The average Bonchev–Trinajstić information content (AvgIpc) is 2.30. The fourth-order valence-corrected chi connectivity index (χ4v) is 1.33. The SMILES string of the molecule is N=C([O-])c1cccc(Oc2ccccc2)c1. The predicted octanol–water partition coefficient (Wildman–Crippen LogP) is 2.16. The molecule has 2 aromatic rings. The van der Waals surface area contributed by atoms with Crippen LogP contribution in [0.5, 0.6) is 11.5 Å². The van der Waals surface area contributed by atoms with Gasteiger partial charge in [-0.05, 0) is 35.7 Å². The lowest BCUT2D eigenvalue weighted by Gasteiger charge is -2.10. The van der Waals surface area contributed by atoms with Crippen molar-refractivity contribution in [3.63, 3.8) is 0 Å². The molecule has 0 radical (unpaired) electrons. The van der Waals surface area contributed by atoms with E-state index in [1.165, 1.54) is 0 Å². The van der Waals surface area contributed by atoms with E-state index in [1.54, 1.807) is 24.3 Å². The third-order valence-corrected chi connectivity index (χ3v) is 2.08. The Balaban J connectivity index is 2.22. The van der Waals surface area contributed by atoms with Gasteiger partial charge in [-0.25, -0.2) is 0 Å². The zero-order chi connectivity index (χ0) is 11.4. The lowest BCUT2D eigenvalue weighted by Crippen LogP contribution is -2.16. The zero-order valence-corrected chi connectivity index (χ0v) is 8.51. The Morgan fingerprint density at radius 2 is 1.62 bits per heavy atom. The molecule has 2 rings (SSSR count).